The predicted molar refractivity (Wildman–Crippen MR) is 92.7 cm³/mol. The van der Waals surface area contributed by atoms with E-state index in [1.54, 1.807) is 0 Å². The van der Waals surface area contributed by atoms with Gasteiger partial charge in [-0.2, -0.15) is 0 Å². The van der Waals surface area contributed by atoms with Gasteiger partial charge in [-0.05, 0) is 34.4 Å². The maximum absolute atomic E-state index is 12.8. The topological polar surface area (TPSA) is 66.4 Å². The van der Waals surface area contributed by atoms with Crippen molar-refractivity contribution in [3.8, 4) is 0 Å². The molecule has 2 N–H and O–H groups in total. The van der Waals surface area contributed by atoms with E-state index < -0.39 is 5.97 Å². The van der Waals surface area contributed by atoms with Crippen LogP contribution in [0.1, 0.15) is 24.0 Å². The Hall–Kier alpha value is -2.88. The van der Waals surface area contributed by atoms with Crippen LogP contribution in [0.3, 0.4) is 0 Å². The Labute approximate surface area is 140 Å². The molecule has 1 amide bonds. The van der Waals surface area contributed by atoms with E-state index in [1.807, 2.05) is 48.5 Å². The minimum absolute atomic E-state index is 0.0521. The van der Waals surface area contributed by atoms with Crippen molar-refractivity contribution in [2.45, 2.75) is 19.3 Å². The van der Waals surface area contributed by atoms with E-state index in [1.165, 1.54) is 0 Å². The van der Waals surface area contributed by atoms with Crippen molar-refractivity contribution in [1.82, 2.24) is 5.32 Å². The number of hydrogen-bond acceptors (Lipinski definition) is 2. The molecule has 0 heterocycles. The van der Waals surface area contributed by atoms with Crippen LogP contribution in [0.4, 0.5) is 0 Å². The molecular formula is C20H19NO3. The summed E-state index contributed by atoms with van der Waals surface area (Å²) in [4.78, 5) is 23.4. The largest absolute Gasteiger partial charge is 0.481 e. The monoisotopic (exact) mass is 321 g/mol. The zero-order valence-electron chi connectivity index (χ0n) is 13.3. The molecule has 0 saturated heterocycles. The lowest BCUT2D eigenvalue weighted by Crippen LogP contribution is -2.34. The van der Waals surface area contributed by atoms with Gasteiger partial charge in [-0.15, -0.1) is 0 Å². The lowest BCUT2D eigenvalue weighted by molar-refractivity contribution is -0.137. The molecule has 1 aliphatic carbocycles. The average molecular weight is 321 g/mol. The summed E-state index contributed by atoms with van der Waals surface area (Å²) < 4.78 is 0. The normalized spacial score (nSPS) is 12.4. The van der Waals surface area contributed by atoms with Gasteiger partial charge in [-0.3, -0.25) is 9.59 Å². The molecule has 24 heavy (non-hydrogen) atoms. The summed E-state index contributed by atoms with van der Waals surface area (Å²) in [5.74, 6) is -1.01. The van der Waals surface area contributed by atoms with Gasteiger partial charge in [-0.25, -0.2) is 0 Å². The van der Waals surface area contributed by atoms with Gasteiger partial charge >= 0.3 is 5.97 Å². The molecule has 2 aromatic carbocycles. The maximum Gasteiger partial charge on any atom is 0.303 e. The minimum atomic E-state index is -0.850. The zero-order valence-corrected chi connectivity index (χ0v) is 13.3. The Kier molecular flexibility index (Phi) is 4.75. The van der Waals surface area contributed by atoms with Crippen LogP contribution in [0, 0.1) is 0 Å². The van der Waals surface area contributed by atoms with Crippen LogP contribution < -0.4 is 15.8 Å². The predicted octanol–water partition coefficient (Wildman–Crippen LogP) is 1.20. The molecule has 0 fully saturated rings. The summed E-state index contributed by atoms with van der Waals surface area (Å²) in [5, 5.41) is 13.5. The number of carbonyl (C=O) groups is 2. The zero-order chi connectivity index (χ0) is 16.9. The van der Waals surface area contributed by atoms with Crippen molar-refractivity contribution in [3.63, 3.8) is 0 Å². The van der Waals surface area contributed by atoms with Crippen molar-refractivity contribution in [3.05, 3.63) is 70.1 Å². The van der Waals surface area contributed by atoms with Crippen molar-refractivity contribution in [1.29, 1.82) is 0 Å². The molecule has 3 rings (SSSR count). The van der Waals surface area contributed by atoms with E-state index in [9.17, 15) is 9.59 Å². The fourth-order valence-electron chi connectivity index (χ4n) is 2.98. The Bertz CT molecular complexity index is 899. The summed E-state index contributed by atoms with van der Waals surface area (Å²) in [7, 11) is 0. The number of nitrogens with one attached hydrogen (secondary N) is 1. The second-order valence-corrected chi connectivity index (χ2v) is 5.78. The van der Waals surface area contributed by atoms with Crippen molar-refractivity contribution >= 4 is 23.5 Å². The van der Waals surface area contributed by atoms with Crippen molar-refractivity contribution < 1.29 is 14.7 Å². The molecule has 0 saturated carbocycles. The molecule has 4 nitrogen and oxygen atoms in total. The molecule has 4 heteroatoms. The Morgan fingerprint density at radius 3 is 2.62 bits per heavy atom. The number of rotatable bonds is 5. The summed E-state index contributed by atoms with van der Waals surface area (Å²) >= 11 is 0. The number of amides is 1. The van der Waals surface area contributed by atoms with Crippen LogP contribution in [0.2, 0.25) is 0 Å². The summed E-state index contributed by atoms with van der Waals surface area (Å²) in [6.45, 7) is 0.350. The number of aliphatic carboxylic acids is 1. The highest BCUT2D eigenvalue weighted by Gasteiger charge is 2.17. The van der Waals surface area contributed by atoms with Crippen LogP contribution in [-0.4, -0.2) is 23.5 Å². The molecule has 2 aromatic rings. The Morgan fingerprint density at radius 1 is 1.04 bits per heavy atom. The van der Waals surface area contributed by atoms with E-state index in [4.69, 9.17) is 5.11 Å². The van der Waals surface area contributed by atoms with Crippen LogP contribution in [0.15, 0.2) is 48.5 Å². The van der Waals surface area contributed by atoms with E-state index >= 15 is 0 Å². The molecular weight excluding hydrogens is 302 g/mol. The number of benzene rings is 2. The first-order valence-electron chi connectivity index (χ1n) is 8.04. The number of carboxylic acids is 1. The van der Waals surface area contributed by atoms with Gasteiger partial charge in [0.15, 0.2) is 0 Å². The molecule has 0 unspecified atom stereocenters. The molecule has 0 atom stereocenters. The summed E-state index contributed by atoms with van der Waals surface area (Å²) in [5.41, 5.74) is 2.71. The van der Waals surface area contributed by atoms with E-state index in [2.05, 4.69) is 11.4 Å². The van der Waals surface area contributed by atoms with Gasteiger partial charge < -0.3 is 10.4 Å². The lowest BCUT2D eigenvalue weighted by Gasteiger charge is -2.12. The molecule has 0 bridgehead atoms. The quantitative estimate of drug-likeness (QED) is 0.814. The fraction of sp³-hybridized carbons (Fsp3) is 0.200. The van der Waals surface area contributed by atoms with Crippen molar-refractivity contribution in [2.24, 2.45) is 0 Å². The fourth-order valence-corrected chi connectivity index (χ4v) is 2.98. The van der Waals surface area contributed by atoms with Gasteiger partial charge in [0.25, 0.3) is 5.91 Å². The van der Waals surface area contributed by atoms with Gasteiger partial charge in [0, 0.05) is 13.0 Å². The number of carboxylic acid groups (broad SMARTS) is 1. The third-order valence-electron chi connectivity index (χ3n) is 4.14. The van der Waals surface area contributed by atoms with Crippen LogP contribution >= 0.6 is 0 Å². The lowest BCUT2D eigenvalue weighted by atomic mass is 9.97. The molecule has 0 aliphatic heterocycles. The first-order chi connectivity index (χ1) is 11.7. The van der Waals surface area contributed by atoms with Crippen molar-refractivity contribution in [2.75, 3.05) is 6.54 Å². The second kappa shape index (κ2) is 7.13. The molecule has 0 radical (unpaired) electrons. The standard InChI is InChI=1S/C20H19NO3/c22-18(23)10-5-13-21-20(24)19-16-8-3-1-6-14(16)11-12-15-7-2-4-9-17(15)19/h1-4,6-9,11H,5,10,12-13H2,(H,21,24)(H,22,23). The highest BCUT2D eigenvalue weighted by atomic mass is 16.4. The summed E-state index contributed by atoms with van der Waals surface area (Å²) in [6.07, 6.45) is 3.39. The Balaban J connectivity index is 2.00. The molecule has 0 spiro atoms. The third kappa shape index (κ3) is 3.38. The number of carbonyl (C=O) groups excluding carboxylic acids is 1. The third-order valence-corrected chi connectivity index (χ3v) is 4.14. The highest BCUT2D eigenvalue weighted by Crippen LogP contribution is 2.19. The van der Waals surface area contributed by atoms with Gasteiger partial charge in [0.1, 0.15) is 0 Å². The van der Waals surface area contributed by atoms with Gasteiger partial charge in [0.05, 0.1) is 5.57 Å². The Morgan fingerprint density at radius 2 is 1.79 bits per heavy atom. The SMILES string of the molecule is O=C(O)CCCNC(=O)C1=c2ccccc2=CCc2ccccc21. The van der Waals surface area contributed by atoms with Gasteiger partial charge in [-0.1, -0.05) is 54.6 Å². The first kappa shape index (κ1) is 16.0. The number of fused-ring (bicyclic) bond motifs is 2. The molecule has 1 aliphatic rings. The van der Waals surface area contributed by atoms with E-state index in [-0.39, 0.29) is 12.3 Å². The van der Waals surface area contributed by atoms with E-state index in [0.29, 0.717) is 18.5 Å². The number of hydrogen-bond donors (Lipinski definition) is 2. The maximum atomic E-state index is 12.8. The van der Waals surface area contributed by atoms with Crippen LogP contribution in [0.25, 0.3) is 11.6 Å². The molecule has 122 valence electrons. The van der Waals surface area contributed by atoms with E-state index in [0.717, 1.165) is 28.0 Å². The van der Waals surface area contributed by atoms with Crippen LogP contribution in [0.5, 0.6) is 0 Å². The highest BCUT2D eigenvalue weighted by molar-refractivity contribution is 6.19. The average Bonchev–Trinajstić information content (AvgIpc) is 2.75. The van der Waals surface area contributed by atoms with Gasteiger partial charge in [0.2, 0.25) is 0 Å². The summed E-state index contributed by atoms with van der Waals surface area (Å²) in [6, 6.07) is 15.8. The molecule has 0 aromatic heterocycles. The smallest absolute Gasteiger partial charge is 0.303 e. The minimum Gasteiger partial charge on any atom is -0.481 e. The first-order valence-corrected chi connectivity index (χ1v) is 8.04. The van der Waals surface area contributed by atoms with Crippen LogP contribution in [-0.2, 0) is 16.0 Å². The second-order valence-electron chi connectivity index (χ2n) is 5.78.